The fraction of sp³-hybridized carbons (Fsp3) is 0.346. The number of aromatic nitrogens is 1. The second kappa shape index (κ2) is 9.96. The van der Waals surface area contributed by atoms with Gasteiger partial charge in [0, 0.05) is 62.0 Å². The average Bonchev–Trinajstić information content (AvgIpc) is 3.66. The number of fused-ring (bicyclic) bond motifs is 1. The normalized spacial score (nSPS) is 18.1. The molecule has 9 nitrogen and oxygen atoms in total. The average molecular weight is 505 g/mol. The van der Waals surface area contributed by atoms with Crippen LogP contribution in [0.5, 0.6) is 0 Å². The second-order valence-corrected chi connectivity index (χ2v) is 10.3. The summed E-state index contributed by atoms with van der Waals surface area (Å²) in [6, 6.07) is 11.3. The first kappa shape index (κ1) is 23.1. The number of rotatable bonds is 6. The molecule has 0 bridgehead atoms. The van der Waals surface area contributed by atoms with Gasteiger partial charge in [0.2, 0.25) is 5.88 Å². The lowest BCUT2D eigenvalue weighted by molar-refractivity contribution is 0.0975. The van der Waals surface area contributed by atoms with Gasteiger partial charge in [-0.05, 0) is 54.6 Å². The molecule has 5 heterocycles. The summed E-state index contributed by atoms with van der Waals surface area (Å²) in [5.41, 5.74) is 3.22. The number of hydrogen-bond donors (Lipinski definition) is 2. The van der Waals surface area contributed by atoms with Crippen LogP contribution in [0.2, 0.25) is 0 Å². The lowest BCUT2D eigenvalue weighted by Crippen LogP contribution is -2.43. The Kier molecular flexibility index (Phi) is 6.39. The third-order valence-electron chi connectivity index (χ3n) is 6.77. The molecule has 36 heavy (non-hydrogen) atoms. The van der Waals surface area contributed by atoms with E-state index in [1.54, 1.807) is 41.4 Å². The highest BCUT2D eigenvalue weighted by molar-refractivity contribution is 7.97. The number of amides is 2. The summed E-state index contributed by atoms with van der Waals surface area (Å²) in [6.45, 7) is 6.07. The predicted molar refractivity (Wildman–Crippen MR) is 140 cm³/mol. The van der Waals surface area contributed by atoms with Gasteiger partial charge in [-0.15, -0.1) is 0 Å². The maximum absolute atomic E-state index is 13.2. The number of pyridine rings is 1. The van der Waals surface area contributed by atoms with Crippen LogP contribution in [0.3, 0.4) is 0 Å². The van der Waals surface area contributed by atoms with E-state index in [0.717, 1.165) is 55.4 Å². The first-order chi connectivity index (χ1) is 17.7. The Morgan fingerprint density at radius 3 is 2.72 bits per heavy atom. The van der Waals surface area contributed by atoms with Gasteiger partial charge < -0.3 is 20.0 Å². The first-order valence-electron chi connectivity index (χ1n) is 12.3. The number of furan rings is 1. The Morgan fingerprint density at radius 1 is 1.06 bits per heavy atom. The quantitative estimate of drug-likeness (QED) is 0.492. The zero-order valence-corrected chi connectivity index (χ0v) is 20.7. The number of hydrogen-bond acceptors (Lipinski definition) is 8. The summed E-state index contributed by atoms with van der Waals surface area (Å²) in [5.74, 6) is 0.0280. The molecule has 186 valence electrons. The van der Waals surface area contributed by atoms with Crippen molar-refractivity contribution >= 4 is 41.0 Å². The van der Waals surface area contributed by atoms with Gasteiger partial charge in [-0.25, -0.2) is 4.31 Å². The zero-order valence-electron chi connectivity index (χ0n) is 19.9. The summed E-state index contributed by atoms with van der Waals surface area (Å²) in [4.78, 5) is 35.3. The number of nitrogens with zero attached hydrogens (tertiary/aromatic N) is 4. The molecule has 3 aromatic rings. The minimum absolute atomic E-state index is 0.108. The molecule has 2 saturated heterocycles. The molecule has 0 aliphatic carbocycles. The zero-order chi connectivity index (χ0) is 24.5. The number of piperazine rings is 1. The van der Waals surface area contributed by atoms with Gasteiger partial charge in [-0.2, -0.15) is 0 Å². The molecule has 6 rings (SSSR count). The summed E-state index contributed by atoms with van der Waals surface area (Å²) >= 11 is 1.71. The highest BCUT2D eigenvalue weighted by Crippen LogP contribution is 2.34. The number of anilines is 3. The van der Waals surface area contributed by atoms with E-state index in [4.69, 9.17) is 4.42 Å². The lowest BCUT2D eigenvalue weighted by Gasteiger charge is -2.30. The van der Waals surface area contributed by atoms with Gasteiger partial charge in [0.05, 0.1) is 24.1 Å². The molecule has 2 amide bonds. The number of carbonyl (C=O) groups excluding carboxylic acids is 2. The van der Waals surface area contributed by atoms with E-state index in [1.807, 2.05) is 18.2 Å². The van der Waals surface area contributed by atoms with Gasteiger partial charge in [0.1, 0.15) is 0 Å². The summed E-state index contributed by atoms with van der Waals surface area (Å²) in [7, 11) is 0. The van der Waals surface area contributed by atoms with Crippen molar-refractivity contribution in [2.45, 2.75) is 24.3 Å². The summed E-state index contributed by atoms with van der Waals surface area (Å²) < 4.78 is 8.20. The van der Waals surface area contributed by atoms with Crippen molar-refractivity contribution in [1.29, 1.82) is 0 Å². The van der Waals surface area contributed by atoms with Crippen LogP contribution in [-0.4, -0.2) is 60.4 Å². The van der Waals surface area contributed by atoms with Crippen LogP contribution in [-0.2, 0) is 6.54 Å². The Bertz CT molecular complexity index is 1280. The van der Waals surface area contributed by atoms with Crippen molar-refractivity contribution in [3.8, 4) is 0 Å². The maximum atomic E-state index is 13.2. The molecule has 0 radical (unpaired) electrons. The van der Waals surface area contributed by atoms with Gasteiger partial charge in [0.15, 0.2) is 5.76 Å². The van der Waals surface area contributed by atoms with Crippen LogP contribution in [0.25, 0.3) is 0 Å². The van der Waals surface area contributed by atoms with Crippen molar-refractivity contribution in [2.75, 3.05) is 54.4 Å². The van der Waals surface area contributed by atoms with Crippen molar-refractivity contribution in [1.82, 2.24) is 14.6 Å². The van der Waals surface area contributed by atoms with E-state index >= 15 is 0 Å². The molecule has 3 aliphatic rings. The topological polar surface area (TPSA) is 94.0 Å². The molecule has 2 fully saturated rings. The summed E-state index contributed by atoms with van der Waals surface area (Å²) in [5, 5.41) is 6.26. The van der Waals surface area contributed by atoms with Crippen molar-refractivity contribution in [3.05, 3.63) is 65.7 Å². The summed E-state index contributed by atoms with van der Waals surface area (Å²) in [6.07, 6.45) is 5.81. The molecule has 0 spiro atoms. The second-order valence-electron chi connectivity index (χ2n) is 9.16. The third kappa shape index (κ3) is 4.59. The first-order valence-corrected chi connectivity index (χ1v) is 13.1. The van der Waals surface area contributed by atoms with Crippen LogP contribution in [0, 0.1) is 0 Å². The number of nitrogens with one attached hydrogen (secondary N) is 2. The molecule has 0 atom stereocenters. The van der Waals surface area contributed by atoms with E-state index in [0.29, 0.717) is 23.7 Å². The molecule has 0 unspecified atom stereocenters. The fourth-order valence-corrected chi connectivity index (χ4v) is 5.93. The molecule has 1 aromatic carbocycles. The highest BCUT2D eigenvalue weighted by atomic mass is 32.2. The molecule has 2 N–H and O–H groups in total. The Labute approximate surface area is 214 Å². The van der Waals surface area contributed by atoms with E-state index in [9.17, 15) is 9.59 Å². The molecule has 0 saturated carbocycles. The van der Waals surface area contributed by atoms with Crippen molar-refractivity contribution in [3.63, 3.8) is 0 Å². The van der Waals surface area contributed by atoms with E-state index in [1.165, 1.54) is 12.8 Å². The van der Waals surface area contributed by atoms with Gasteiger partial charge >= 0.3 is 0 Å². The standard InChI is InChI=1S/C26H28N6O3S/c33-25(29-21-16-28-8-7-22(21)30-13-9-27-10-14-30)23-5-6-24(35-23)32-17-18-3-4-19(15-20(18)26(32)34)36-31-11-1-2-12-31/h3-8,15-16,27H,1-2,9-14,17H2,(H,29,33). The fourth-order valence-electron chi connectivity index (χ4n) is 4.89. The molecule has 3 aliphatic heterocycles. The van der Waals surface area contributed by atoms with E-state index in [-0.39, 0.29) is 17.6 Å². The lowest BCUT2D eigenvalue weighted by atomic mass is 10.1. The molecular formula is C26H28N6O3S. The minimum atomic E-state index is -0.376. The monoisotopic (exact) mass is 504 g/mol. The minimum Gasteiger partial charge on any atom is -0.435 e. The van der Waals surface area contributed by atoms with Crippen molar-refractivity contribution < 1.29 is 14.0 Å². The Morgan fingerprint density at radius 2 is 1.89 bits per heavy atom. The third-order valence-corrected chi connectivity index (χ3v) is 7.86. The van der Waals surface area contributed by atoms with Crippen LogP contribution < -0.4 is 20.4 Å². The Hall–Kier alpha value is -3.34. The van der Waals surface area contributed by atoms with Crippen molar-refractivity contribution in [2.24, 2.45) is 0 Å². The van der Waals surface area contributed by atoms with Gasteiger partial charge in [-0.3, -0.25) is 19.5 Å². The maximum Gasteiger partial charge on any atom is 0.291 e. The van der Waals surface area contributed by atoms with E-state index < -0.39 is 0 Å². The number of carbonyl (C=O) groups is 2. The molecule has 2 aromatic heterocycles. The molecular weight excluding hydrogens is 476 g/mol. The van der Waals surface area contributed by atoms with Crippen LogP contribution in [0.15, 0.2) is 58.1 Å². The smallest absolute Gasteiger partial charge is 0.291 e. The van der Waals surface area contributed by atoms with Crippen LogP contribution in [0.4, 0.5) is 17.3 Å². The van der Waals surface area contributed by atoms with Gasteiger partial charge in [-0.1, -0.05) is 6.07 Å². The van der Waals surface area contributed by atoms with Crippen LogP contribution in [0.1, 0.15) is 39.3 Å². The largest absolute Gasteiger partial charge is 0.435 e. The predicted octanol–water partition coefficient (Wildman–Crippen LogP) is 3.60. The van der Waals surface area contributed by atoms with Gasteiger partial charge in [0.25, 0.3) is 11.8 Å². The van der Waals surface area contributed by atoms with Crippen LogP contribution >= 0.6 is 11.9 Å². The molecule has 10 heteroatoms. The Balaban J connectivity index is 1.15. The number of benzene rings is 1. The van der Waals surface area contributed by atoms with E-state index in [2.05, 4.69) is 30.9 Å². The SMILES string of the molecule is O=C(Nc1cnccc1N1CCNCC1)c1ccc(N2Cc3ccc(SN4CCCC4)cc3C2=O)o1. The highest BCUT2D eigenvalue weighted by Gasteiger charge is 2.31.